The van der Waals surface area contributed by atoms with Crippen molar-refractivity contribution in [1.29, 1.82) is 0 Å². The van der Waals surface area contributed by atoms with E-state index in [1.807, 2.05) is 29.2 Å². The smallest absolute Gasteiger partial charge is 0.406 e. The van der Waals surface area contributed by atoms with Crippen molar-refractivity contribution in [2.45, 2.75) is 38.8 Å². The summed E-state index contributed by atoms with van der Waals surface area (Å²) >= 11 is 0. The number of amides is 1. The molecule has 0 N–H and O–H groups in total. The van der Waals surface area contributed by atoms with Gasteiger partial charge in [0.15, 0.2) is 11.5 Å². The molecule has 0 spiro atoms. The van der Waals surface area contributed by atoms with Crippen molar-refractivity contribution in [2.75, 3.05) is 32.7 Å². The second kappa shape index (κ2) is 8.51. The lowest BCUT2D eigenvalue weighted by molar-refractivity contribution is -0.163. The Morgan fingerprint density at radius 2 is 2.11 bits per heavy atom. The predicted molar refractivity (Wildman–Crippen MR) is 99.9 cm³/mol. The van der Waals surface area contributed by atoms with Crippen molar-refractivity contribution in [2.24, 2.45) is 5.92 Å². The number of nitrogens with zero attached hydrogens (tertiary/aromatic N) is 3. The average molecular weight is 397 g/mol. The number of fused-ring (bicyclic) bond motifs is 1. The summed E-state index contributed by atoms with van der Waals surface area (Å²) in [5.41, 5.74) is 1.51. The van der Waals surface area contributed by atoms with Crippen LogP contribution in [0, 0.1) is 5.92 Å². The Morgan fingerprint density at radius 1 is 1.36 bits per heavy atom. The molecule has 2 aromatic rings. The van der Waals surface area contributed by atoms with Gasteiger partial charge in [0, 0.05) is 19.0 Å². The van der Waals surface area contributed by atoms with Gasteiger partial charge in [-0.2, -0.15) is 13.2 Å². The Hall–Kier alpha value is -2.09. The first-order chi connectivity index (χ1) is 13.2. The molecule has 0 saturated carbocycles. The summed E-state index contributed by atoms with van der Waals surface area (Å²) in [6.45, 7) is 3.73. The van der Waals surface area contributed by atoms with Crippen LogP contribution in [0.2, 0.25) is 0 Å². The fraction of sp³-hybridized carbons (Fsp3) is 0.600. The molecule has 1 aliphatic rings. The van der Waals surface area contributed by atoms with Crippen molar-refractivity contribution >= 4 is 17.0 Å². The molecule has 1 amide bonds. The number of carbonyl (C=O) groups is 1. The van der Waals surface area contributed by atoms with Crippen LogP contribution in [0.25, 0.3) is 11.1 Å². The highest BCUT2D eigenvalue weighted by molar-refractivity contribution is 5.78. The number of likely N-dealkylation sites (tertiary alicyclic amines) is 1. The Balaban J connectivity index is 1.65. The molecule has 1 unspecified atom stereocenters. The van der Waals surface area contributed by atoms with Gasteiger partial charge in [0.05, 0.1) is 6.54 Å². The van der Waals surface area contributed by atoms with E-state index in [0.717, 1.165) is 28.8 Å². The Morgan fingerprint density at radius 3 is 2.79 bits per heavy atom. The number of para-hydroxylation sites is 2. The summed E-state index contributed by atoms with van der Waals surface area (Å²) in [6.07, 6.45) is -2.66. The predicted octanol–water partition coefficient (Wildman–Crippen LogP) is 4.05. The second-order valence-electron chi connectivity index (χ2n) is 7.88. The maximum Gasteiger partial charge on any atom is 0.406 e. The molecule has 1 fully saturated rings. The lowest BCUT2D eigenvalue weighted by atomic mass is 9.98. The third-order valence-corrected chi connectivity index (χ3v) is 4.83. The van der Waals surface area contributed by atoms with Crippen LogP contribution in [0.5, 0.6) is 0 Å². The SMILES string of the molecule is CC(C)CN(CC(F)(F)F)C(=O)CN1CCCC(c2nc3ccccc3o2)C1. The van der Waals surface area contributed by atoms with E-state index in [9.17, 15) is 18.0 Å². The van der Waals surface area contributed by atoms with Crippen LogP contribution in [0.4, 0.5) is 13.2 Å². The van der Waals surface area contributed by atoms with Crippen molar-refractivity contribution in [3.63, 3.8) is 0 Å². The maximum atomic E-state index is 12.9. The van der Waals surface area contributed by atoms with Crippen LogP contribution in [0.15, 0.2) is 28.7 Å². The van der Waals surface area contributed by atoms with Crippen LogP contribution in [-0.4, -0.2) is 59.6 Å². The lowest BCUT2D eigenvalue weighted by Crippen LogP contribution is -2.47. The number of rotatable bonds is 6. The number of benzene rings is 1. The van der Waals surface area contributed by atoms with Gasteiger partial charge in [-0.25, -0.2) is 4.98 Å². The zero-order valence-corrected chi connectivity index (χ0v) is 16.2. The van der Waals surface area contributed by atoms with Crippen LogP contribution in [-0.2, 0) is 4.79 Å². The van der Waals surface area contributed by atoms with Crippen LogP contribution in [0.3, 0.4) is 0 Å². The Kier molecular flexibility index (Phi) is 6.27. The molecular weight excluding hydrogens is 371 g/mol. The molecule has 2 heterocycles. The summed E-state index contributed by atoms with van der Waals surface area (Å²) in [5.74, 6) is 0.159. The van der Waals surface area contributed by atoms with E-state index in [0.29, 0.717) is 19.0 Å². The Labute approximate surface area is 162 Å². The van der Waals surface area contributed by atoms with Gasteiger partial charge in [-0.05, 0) is 37.4 Å². The number of oxazole rings is 1. The van der Waals surface area contributed by atoms with Crippen molar-refractivity contribution in [3.05, 3.63) is 30.2 Å². The van der Waals surface area contributed by atoms with Gasteiger partial charge in [-0.3, -0.25) is 9.69 Å². The van der Waals surface area contributed by atoms with E-state index < -0.39 is 18.6 Å². The fourth-order valence-corrected chi connectivity index (χ4v) is 3.67. The number of carbonyl (C=O) groups excluding carboxylic acids is 1. The van der Waals surface area contributed by atoms with E-state index in [4.69, 9.17) is 4.42 Å². The molecule has 1 aliphatic heterocycles. The third kappa shape index (κ3) is 5.47. The Bertz CT molecular complexity index is 770. The number of halogens is 3. The van der Waals surface area contributed by atoms with Crippen LogP contribution < -0.4 is 0 Å². The molecule has 28 heavy (non-hydrogen) atoms. The highest BCUT2D eigenvalue weighted by atomic mass is 19.4. The number of alkyl halides is 3. The molecule has 0 bridgehead atoms. The minimum atomic E-state index is -4.40. The topological polar surface area (TPSA) is 49.6 Å². The zero-order chi connectivity index (χ0) is 20.3. The first-order valence-electron chi connectivity index (χ1n) is 9.63. The summed E-state index contributed by atoms with van der Waals surface area (Å²) in [5, 5.41) is 0. The fourth-order valence-electron chi connectivity index (χ4n) is 3.67. The van der Waals surface area contributed by atoms with Gasteiger partial charge >= 0.3 is 6.18 Å². The molecule has 3 rings (SSSR count). The van der Waals surface area contributed by atoms with E-state index in [2.05, 4.69) is 4.98 Å². The first kappa shape index (κ1) is 20.6. The molecule has 1 aromatic heterocycles. The zero-order valence-electron chi connectivity index (χ0n) is 16.2. The van der Waals surface area contributed by atoms with Gasteiger partial charge in [-0.15, -0.1) is 0 Å². The maximum absolute atomic E-state index is 12.9. The van der Waals surface area contributed by atoms with Gasteiger partial charge in [-0.1, -0.05) is 26.0 Å². The summed E-state index contributed by atoms with van der Waals surface area (Å²) < 4.78 is 44.4. The minimum Gasteiger partial charge on any atom is -0.440 e. The number of hydrogen-bond acceptors (Lipinski definition) is 4. The van der Waals surface area contributed by atoms with Gasteiger partial charge in [0.2, 0.25) is 5.91 Å². The van der Waals surface area contributed by atoms with E-state index in [-0.39, 0.29) is 24.9 Å². The molecule has 1 saturated heterocycles. The average Bonchev–Trinajstić information content (AvgIpc) is 3.04. The summed E-state index contributed by atoms with van der Waals surface area (Å²) in [7, 11) is 0. The minimum absolute atomic E-state index is 0.0144. The monoisotopic (exact) mass is 397 g/mol. The van der Waals surface area contributed by atoms with Gasteiger partial charge in [0.25, 0.3) is 0 Å². The molecule has 1 aromatic carbocycles. The highest BCUT2D eigenvalue weighted by Gasteiger charge is 2.34. The lowest BCUT2D eigenvalue weighted by Gasteiger charge is -2.33. The van der Waals surface area contributed by atoms with Gasteiger partial charge < -0.3 is 9.32 Å². The number of aromatic nitrogens is 1. The molecule has 8 heteroatoms. The number of hydrogen-bond donors (Lipinski definition) is 0. The van der Waals surface area contributed by atoms with E-state index >= 15 is 0 Å². The van der Waals surface area contributed by atoms with E-state index in [1.54, 1.807) is 13.8 Å². The second-order valence-corrected chi connectivity index (χ2v) is 7.88. The quantitative estimate of drug-likeness (QED) is 0.738. The van der Waals surface area contributed by atoms with Crippen LogP contribution in [0.1, 0.15) is 38.5 Å². The van der Waals surface area contributed by atoms with Gasteiger partial charge in [0.1, 0.15) is 12.1 Å². The summed E-state index contributed by atoms with van der Waals surface area (Å²) in [6, 6.07) is 7.52. The molecule has 154 valence electrons. The molecule has 0 aliphatic carbocycles. The molecule has 1 atom stereocenters. The van der Waals surface area contributed by atoms with Crippen LogP contribution >= 0.6 is 0 Å². The van der Waals surface area contributed by atoms with Crippen molar-refractivity contribution < 1.29 is 22.4 Å². The summed E-state index contributed by atoms with van der Waals surface area (Å²) in [4.78, 5) is 19.9. The van der Waals surface area contributed by atoms with Crippen molar-refractivity contribution in [3.8, 4) is 0 Å². The largest absolute Gasteiger partial charge is 0.440 e. The first-order valence-corrected chi connectivity index (χ1v) is 9.63. The normalized spacial score (nSPS) is 18.7. The number of piperidine rings is 1. The van der Waals surface area contributed by atoms with Crippen molar-refractivity contribution in [1.82, 2.24) is 14.8 Å². The molecule has 0 radical (unpaired) electrons. The molecule has 5 nitrogen and oxygen atoms in total. The third-order valence-electron chi connectivity index (χ3n) is 4.83. The van der Waals surface area contributed by atoms with E-state index in [1.165, 1.54) is 0 Å². The standard InChI is InChI=1S/C20H26F3N3O2/c1-14(2)10-26(13-20(21,22)23)18(27)12-25-9-5-6-15(11-25)19-24-16-7-3-4-8-17(16)28-19/h3-4,7-8,14-15H,5-6,9-13H2,1-2H3. The highest BCUT2D eigenvalue weighted by Crippen LogP contribution is 2.29. The molecular formula is C20H26F3N3O2.